The molecule has 0 saturated heterocycles. The van der Waals surface area contributed by atoms with E-state index in [1.165, 1.54) is 11.3 Å². The minimum Gasteiger partial charge on any atom is -0.384 e. The normalized spacial score (nSPS) is 19.4. The molecule has 1 atom stereocenters. The van der Waals surface area contributed by atoms with Crippen LogP contribution in [-0.4, -0.2) is 21.2 Å². The Bertz CT molecular complexity index is 1110. The first-order valence-corrected chi connectivity index (χ1v) is 12.1. The first-order valence-electron chi connectivity index (χ1n) is 9.63. The summed E-state index contributed by atoms with van der Waals surface area (Å²) >= 11 is 6.64. The molecule has 1 aliphatic heterocycles. The van der Waals surface area contributed by atoms with E-state index in [-0.39, 0.29) is 5.78 Å². The maximum absolute atomic E-state index is 13.1. The zero-order chi connectivity index (χ0) is 21.4. The summed E-state index contributed by atoms with van der Waals surface area (Å²) in [6.45, 7) is 4.19. The van der Waals surface area contributed by atoms with E-state index >= 15 is 0 Å². The average molecular weight is 502 g/mol. The molecule has 0 saturated carbocycles. The van der Waals surface area contributed by atoms with Crippen molar-refractivity contribution >= 4 is 49.9 Å². The van der Waals surface area contributed by atoms with Gasteiger partial charge < -0.3 is 5.73 Å². The van der Waals surface area contributed by atoms with Gasteiger partial charge in [-0.1, -0.05) is 71.1 Å². The number of hydrogen-bond donors (Lipinski definition) is 1. The maximum Gasteiger partial charge on any atom is 0.219 e. The standard InChI is InChI=1S/C21H20BrN5OS2/c1-11(2)29-21-26-25-20(30-21)27-15-8-5-9-16(28)18(15)17(13(10-23)19(27)24)12-6-3-4-7-14(12)22/h3-4,6-7,11,17H,5,8-9,24H2,1-2H3. The Morgan fingerprint density at radius 3 is 2.80 bits per heavy atom. The Labute approximate surface area is 192 Å². The summed E-state index contributed by atoms with van der Waals surface area (Å²) in [5.41, 5.74) is 9.27. The zero-order valence-corrected chi connectivity index (χ0v) is 19.8. The molecule has 4 rings (SSSR count). The molecule has 0 fully saturated rings. The fourth-order valence-corrected chi connectivity index (χ4v) is 6.48. The van der Waals surface area contributed by atoms with Gasteiger partial charge in [0.15, 0.2) is 10.1 Å². The Balaban J connectivity index is 1.90. The Hall–Kier alpha value is -2.15. The molecule has 0 bridgehead atoms. The van der Waals surface area contributed by atoms with E-state index in [1.54, 1.807) is 16.7 Å². The number of Topliss-reactive ketones (excluding diaryl/α,β-unsaturated/α-hetero) is 1. The number of ketones is 1. The summed E-state index contributed by atoms with van der Waals surface area (Å²) < 4.78 is 1.68. The van der Waals surface area contributed by atoms with Crippen LogP contribution in [0, 0.1) is 11.3 Å². The lowest BCUT2D eigenvalue weighted by Gasteiger charge is -2.38. The van der Waals surface area contributed by atoms with Gasteiger partial charge >= 0.3 is 0 Å². The van der Waals surface area contributed by atoms with Gasteiger partial charge in [-0.25, -0.2) is 0 Å². The molecule has 154 valence electrons. The van der Waals surface area contributed by atoms with Gasteiger partial charge in [0.25, 0.3) is 0 Å². The summed E-state index contributed by atoms with van der Waals surface area (Å²) in [5, 5.41) is 19.6. The molecule has 1 aromatic carbocycles. The first kappa shape index (κ1) is 21.1. The first-order chi connectivity index (χ1) is 14.4. The Morgan fingerprint density at radius 2 is 2.10 bits per heavy atom. The summed E-state index contributed by atoms with van der Waals surface area (Å²) in [4.78, 5) is 14.9. The van der Waals surface area contributed by atoms with Crippen molar-refractivity contribution in [2.75, 3.05) is 4.90 Å². The number of carbonyl (C=O) groups excluding carboxylic acids is 1. The van der Waals surface area contributed by atoms with Crippen molar-refractivity contribution in [3.63, 3.8) is 0 Å². The highest BCUT2D eigenvalue weighted by Crippen LogP contribution is 2.48. The predicted octanol–water partition coefficient (Wildman–Crippen LogP) is 5.11. The minimum atomic E-state index is -0.484. The van der Waals surface area contributed by atoms with Crippen molar-refractivity contribution in [2.24, 2.45) is 5.73 Å². The Kier molecular flexibility index (Phi) is 6.00. The average Bonchev–Trinajstić information content (AvgIpc) is 3.15. The van der Waals surface area contributed by atoms with Crippen LogP contribution in [0.4, 0.5) is 5.13 Å². The van der Waals surface area contributed by atoms with Crippen LogP contribution in [0.15, 0.2) is 55.7 Å². The van der Waals surface area contributed by atoms with Crippen LogP contribution in [0.1, 0.15) is 44.6 Å². The second kappa shape index (κ2) is 8.53. The van der Waals surface area contributed by atoms with Gasteiger partial charge in [0.2, 0.25) is 5.13 Å². The number of thioether (sulfide) groups is 1. The number of hydrogen-bond acceptors (Lipinski definition) is 8. The number of halogens is 1. The predicted molar refractivity (Wildman–Crippen MR) is 123 cm³/mol. The van der Waals surface area contributed by atoms with Crippen LogP contribution in [0.2, 0.25) is 0 Å². The number of anilines is 1. The van der Waals surface area contributed by atoms with E-state index in [0.717, 1.165) is 26.5 Å². The van der Waals surface area contributed by atoms with Gasteiger partial charge in [-0.2, -0.15) is 5.26 Å². The van der Waals surface area contributed by atoms with E-state index in [1.807, 2.05) is 24.3 Å². The summed E-state index contributed by atoms with van der Waals surface area (Å²) in [6, 6.07) is 9.95. The van der Waals surface area contributed by atoms with E-state index < -0.39 is 5.92 Å². The smallest absolute Gasteiger partial charge is 0.219 e. The van der Waals surface area contributed by atoms with Crippen LogP contribution in [0.25, 0.3) is 0 Å². The van der Waals surface area contributed by atoms with Crippen LogP contribution in [0.3, 0.4) is 0 Å². The highest BCUT2D eigenvalue weighted by atomic mass is 79.9. The third-order valence-corrected chi connectivity index (χ3v) is 7.77. The van der Waals surface area contributed by atoms with E-state index in [9.17, 15) is 10.1 Å². The SMILES string of the molecule is CC(C)Sc1nnc(N2C(N)=C(C#N)C(c3ccccc3Br)C3=C2CCCC3=O)s1. The molecule has 1 unspecified atom stereocenters. The largest absolute Gasteiger partial charge is 0.384 e. The van der Waals surface area contributed by atoms with Gasteiger partial charge in [-0.05, 0) is 24.5 Å². The topological polar surface area (TPSA) is 95.9 Å². The third-order valence-electron chi connectivity index (χ3n) is 5.05. The number of aromatic nitrogens is 2. The molecule has 2 aliphatic rings. The van der Waals surface area contributed by atoms with Crippen LogP contribution < -0.4 is 10.6 Å². The van der Waals surface area contributed by atoms with Crippen LogP contribution in [-0.2, 0) is 4.79 Å². The number of carbonyl (C=O) groups is 1. The minimum absolute atomic E-state index is 0.0588. The fourth-order valence-electron chi connectivity index (χ4n) is 3.87. The van der Waals surface area contributed by atoms with Crippen molar-refractivity contribution in [2.45, 2.75) is 48.6 Å². The molecular weight excluding hydrogens is 482 g/mol. The molecule has 0 radical (unpaired) electrons. The third kappa shape index (κ3) is 3.68. The fraction of sp³-hybridized carbons (Fsp3) is 0.333. The van der Waals surface area contributed by atoms with Gasteiger partial charge in [-0.15, -0.1) is 10.2 Å². The molecule has 1 aromatic heterocycles. The monoisotopic (exact) mass is 501 g/mol. The number of nitrogens with zero attached hydrogens (tertiary/aromatic N) is 4. The van der Waals surface area contributed by atoms with Crippen molar-refractivity contribution < 1.29 is 4.79 Å². The Morgan fingerprint density at radius 1 is 1.33 bits per heavy atom. The quantitative estimate of drug-likeness (QED) is 0.581. The lowest BCUT2D eigenvalue weighted by molar-refractivity contribution is -0.116. The molecular formula is C21H20BrN5OS2. The molecule has 6 nitrogen and oxygen atoms in total. The van der Waals surface area contributed by atoms with Crippen molar-refractivity contribution in [3.05, 3.63) is 57.0 Å². The van der Waals surface area contributed by atoms with Crippen LogP contribution in [0.5, 0.6) is 0 Å². The second-order valence-electron chi connectivity index (χ2n) is 7.35. The van der Waals surface area contributed by atoms with Gasteiger partial charge in [-0.3, -0.25) is 9.69 Å². The lowest BCUT2D eigenvalue weighted by atomic mass is 9.76. The molecule has 2 heterocycles. The van der Waals surface area contributed by atoms with E-state index in [0.29, 0.717) is 40.2 Å². The summed E-state index contributed by atoms with van der Waals surface area (Å²) in [5.74, 6) is -0.102. The maximum atomic E-state index is 13.1. The zero-order valence-electron chi connectivity index (χ0n) is 16.6. The number of allylic oxidation sites excluding steroid dienone is 3. The van der Waals surface area contributed by atoms with Crippen LogP contribution >= 0.6 is 39.0 Å². The summed E-state index contributed by atoms with van der Waals surface area (Å²) in [7, 11) is 0. The second-order valence-corrected chi connectivity index (χ2v) is 11.0. The van der Waals surface area contributed by atoms with Crippen molar-refractivity contribution in [1.29, 1.82) is 5.26 Å². The number of nitrogens with two attached hydrogens (primary N) is 1. The molecule has 1 aliphatic carbocycles. The van der Waals surface area contributed by atoms with E-state index in [2.05, 4.69) is 46.0 Å². The number of rotatable bonds is 4. The van der Waals surface area contributed by atoms with E-state index in [4.69, 9.17) is 5.73 Å². The molecule has 0 amide bonds. The summed E-state index contributed by atoms with van der Waals surface area (Å²) in [6.07, 6.45) is 1.92. The van der Waals surface area contributed by atoms with Crippen molar-refractivity contribution in [3.8, 4) is 6.07 Å². The number of benzene rings is 1. The highest BCUT2D eigenvalue weighted by Gasteiger charge is 2.41. The molecule has 2 aromatic rings. The molecule has 30 heavy (non-hydrogen) atoms. The van der Waals surface area contributed by atoms with Gasteiger partial charge in [0, 0.05) is 27.4 Å². The number of nitriles is 1. The van der Waals surface area contributed by atoms with Crippen molar-refractivity contribution in [1.82, 2.24) is 10.2 Å². The molecule has 0 spiro atoms. The van der Waals surface area contributed by atoms with Gasteiger partial charge in [0.05, 0.1) is 17.6 Å². The molecule has 9 heteroatoms. The molecule has 2 N–H and O–H groups in total. The lowest BCUT2D eigenvalue weighted by Crippen LogP contribution is -2.38. The highest BCUT2D eigenvalue weighted by molar-refractivity contribution is 9.10. The van der Waals surface area contributed by atoms with Gasteiger partial charge in [0.1, 0.15) is 5.82 Å².